The molecule has 0 aliphatic carbocycles. The van der Waals surface area contributed by atoms with E-state index in [9.17, 15) is 27.7 Å². The molecule has 0 radical (unpaired) electrons. The number of benzene rings is 2. The highest BCUT2D eigenvalue weighted by Crippen LogP contribution is 2.34. The van der Waals surface area contributed by atoms with Crippen molar-refractivity contribution in [1.29, 1.82) is 0 Å². The average Bonchev–Trinajstić information content (AvgIpc) is 3.42. The molecule has 1 saturated heterocycles. The van der Waals surface area contributed by atoms with Crippen molar-refractivity contribution in [3.63, 3.8) is 0 Å². The number of halogens is 4. The van der Waals surface area contributed by atoms with Gasteiger partial charge in [-0.15, -0.1) is 0 Å². The molecule has 2 aromatic carbocycles. The van der Waals surface area contributed by atoms with Crippen molar-refractivity contribution in [2.24, 2.45) is 5.92 Å². The maximum atomic E-state index is 15.8. The second kappa shape index (κ2) is 15.1. The first-order valence-electron chi connectivity index (χ1n) is 15.5. The number of likely N-dealkylation sites (tertiary alicyclic amines) is 1. The largest absolute Gasteiger partial charge is 0.351 e. The molecule has 1 aliphatic heterocycles. The zero-order chi connectivity index (χ0) is 33.7. The molecule has 11 heteroatoms. The van der Waals surface area contributed by atoms with Gasteiger partial charge >= 0.3 is 5.97 Å². The summed E-state index contributed by atoms with van der Waals surface area (Å²) in [5.41, 5.74) is 2.93. The smallest absolute Gasteiger partial charge is 0.347 e. The van der Waals surface area contributed by atoms with Gasteiger partial charge in [-0.05, 0) is 97.5 Å². The van der Waals surface area contributed by atoms with E-state index < -0.39 is 53.7 Å². The lowest BCUT2D eigenvalue weighted by Crippen LogP contribution is -2.41. The topological polar surface area (TPSA) is 80.6 Å². The zero-order valence-corrected chi connectivity index (χ0v) is 26.8. The number of amides is 1. The van der Waals surface area contributed by atoms with Gasteiger partial charge in [-0.1, -0.05) is 32.0 Å². The second-order valence-electron chi connectivity index (χ2n) is 12.7. The Balaban J connectivity index is 1.72. The summed E-state index contributed by atoms with van der Waals surface area (Å²) in [6.07, 6.45) is 0.614. The lowest BCUT2D eigenvalue weighted by molar-refractivity contribution is -0.184. The molecule has 248 valence electrons. The third-order valence-corrected chi connectivity index (χ3v) is 8.52. The van der Waals surface area contributed by atoms with Crippen LogP contribution in [-0.2, 0) is 21.0 Å². The van der Waals surface area contributed by atoms with E-state index in [0.29, 0.717) is 37.1 Å². The minimum Gasteiger partial charge on any atom is -0.347 e. The molecule has 4 rings (SSSR count). The predicted octanol–water partition coefficient (Wildman–Crippen LogP) is 6.57. The van der Waals surface area contributed by atoms with E-state index in [2.05, 4.69) is 10.3 Å². The first-order valence-corrected chi connectivity index (χ1v) is 15.5. The van der Waals surface area contributed by atoms with E-state index in [1.165, 1.54) is 12.3 Å². The van der Waals surface area contributed by atoms with Crippen LogP contribution in [0.15, 0.2) is 47.4 Å². The minimum absolute atomic E-state index is 0.0660. The van der Waals surface area contributed by atoms with Gasteiger partial charge in [0.05, 0.1) is 12.5 Å². The summed E-state index contributed by atoms with van der Waals surface area (Å²) in [4.78, 5) is 44.5. The number of hydrogen-bond acceptors (Lipinski definition) is 5. The molecule has 0 bridgehead atoms. The van der Waals surface area contributed by atoms with Crippen LogP contribution in [0.1, 0.15) is 73.0 Å². The van der Waals surface area contributed by atoms with Gasteiger partial charge in [0.2, 0.25) is 5.91 Å². The summed E-state index contributed by atoms with van der Waals surface area (Å²) in [7, 11) is 0. The highest BCUT2D eigenvalue weighted by atomic mass is 19.3. The van der Waals surface area contributed by atoms with Crippen LogP contribution in [0, 0.1) is 38.3 Å². The van der Waals surface area contributed by atoms with Gasteiger partial charge in [0.1, 0.15) is 18.0 Å². The molecule has 0 saturated carbocycles. The SMILES string of the molecule is Cc1cc(-c2c(C)cccc2C)cc([C@H](CC(=O)OF)NC(=O)C(CC(C)C)n2cc(CCN3CCC(F)C3)cc(F)c2=O)c1F. The van der Waals surface area contributed by atoms with Gasteiger partial charge in [-0.3, -0.25) is 14.5 Å². The predicted molar refractivity (Wildman–Crippen MR) is 168 cm³/mol. The van der Waals surface area contributed by atoms with E-state index in [4.69, 9.17) is 0 Å². The number of nitrogens with one attached hydrogen (secondary N) is 1. The molecule has 1 N–H and O–H groups in total. The Morgan fingerprint density at radius 3 is 2.37 bits per heavy atom. The molecule has 3 aromatic rings. The van der Waals surface area contributed by atoms with Crippen LogP contribution in [-0.4, -0.2) is 47.1 Å². The fourth-order valence-electron chi connectivity index (χ4n) is 6.23. The number of carbonyl (C=O) groups excluding carboxylic acids is 2. The van der Waals surface area contributed by atoms with Gasteiger partial charge in [0.25, 0.3) is 5.56 Å². The lowest BCUT2D eigenvalue weighted by atomic mass is 9.90. The highest BCUT2D eigenvalue weighted by molar-refractivity contribution is 5.82. The number of nitrogens with zero attached hydrogens (tertiary/aromatic N) is 2. The summed E-state index contributed by atoms with van der Waals surface area (Å²) in [6, 6.07) is 7.38. The number of hydrogen-bond donors (Lipinski definition) is 1. The van der Waals surface area contributed by atoms with E-state index in [-0.39, 0.29) is 30.0 Å². The van der Waals surface area contributed by atoms with Crippen molar-refractivity contribution in [1.82, 2.24) is 14.8 Å². The average molecular weight is 644 g/mol. The minimum atomic E-state index is -1.37. The van der Waals surface area contributed by atoms with Crippen molar-refractivity contribution >= 4 is 11.9 Å². The first-order chi connectivity index (χ1) is 21.8. The normalized spacial score (nSPS) is 16.4. The number of carbonyl (C=O) groups is 2. The third-order valence-electron chi connectivity index (χ3n) is 8.52. The van der Waals surface area contributed by atoms with E-state index >= 15 is 4.39 Å². The Hall–Kier alpha value is -3.99. The van der Waals surface area contributed by atoms with Crippen LogP contribution < -0.4 is 10.9 Å². The van der Waals surface area contributed by atoms with Crippen molar-refractivity contribution < 1.29 is 32.2 Å². The Morgan fingerprint density at radius 1 is 1.07 bits per heavy atom. The quantitative estimate of drug-likeness (QED) is 0.226. The maximum Gasteiger partial charge on any atom is 0.351 e. The monoisotopic (exact) mass is 643 g/mol. The van der Waals surface area contributed by atoms with Gasteiger partial charge in [0.15, 0.2) is 5.82 Å². The van der Waals surface area contributed by atoms with E-state index in [1.54, 1.807) is 13.0 Å². The lowest BCUT2D eigenvalue weighted by Gasteiger charge is -2.26. The number of aromatic nitrogens is 1. The third kappa shape index (κ3) is 8.23. The molecule has 2 unspecified atom stereocenters. The molecule has 3 atom stereocenters. The number of rotatable bonds is 12. The summed E-state index contributed by atoms with van der Waals surface area (Å²) in [5.74, 6) is -4.00. The van der Waals surface area contributed by atoms with Crippen LogP contribution in [0.4, 0.5) is 17.7 Å². The standard InChI is InChI=1S/C35H41F4N3O4/c1-20(2)13-30(42-18-24(15-28(37)35(42)45)9-11-41-12-10-26(36)19-41)34(44)40-29(17-31(43)46-39)27-16-25(14-23(5)33(27)38)32-21(3)7-6-8-22(32)4/h6-8,14-16,18,20,26,29-30H,9-13,17,19H2,1-5H3,(H,40,44)/t26?,29-,30?/m0/s1. The first kappa shape index (κ1) is 34.9. The fourth-order valence-corrected chi connectivity index (χ4v) is 6.23. The van der Waals surface area contributed by atoms with Gasteiger partial charge in [-0.2, -0.15) is 0 Å². The van der Waals surface area contributed by atoms with Crippen LogP contribution >= 0.6 is 0 Å². The summed E-state index contributed by atoms with van der Waals surface area (Å²) < 4.78 is 58.4. The van der Waals surface area contributed by atoms with Crippen molar-refractivity contribution in [3.05, 3.63) is 92.4 Å². The van der Waals surface area contributed by atoms with Crippen LogP contribution in [0.3, 0.4) is 0 Å². The molecule has 2 heterocycles. The number of aryl methyl sites for hydroxylation is 3. The summed E-state index contributed by atoms with van der Waals surface area (Å²) in [5, 5.41) is 2.65. The summed E-state index contributed by atoms with van der Waals surface area (Å²) >= 11 is 0. The fraction of sp³-hybridized carbons (Fsp3) is 0.457. The second-order valence-corrected chi connectivity index (χ2v) is 12.7. The highest BCUT2D eigenvalue weighted by Gasteiger charge is 2.31. The zero-order valence-electron chi connectivity index (χ0n) is 26.8. The van der Waals surface area contributed by atoms with Crippen molar-refractivity contribution in [2.75, 3.05) is 19.6 Å². The molecule has 1 fully saturated rings. The van der Waals surface area contributed by atoms with Crippen LogP contribution in [0.25, 0.3) is 11.1 Å². The van der Waals surface area contributed by atoms with Crippen molar-refractivity contribution in [2.45, 2.75) is 78.6 Å². The molecule has 46 heavy (non-hydrogen) atoms. The van der Waals surface area contributed by atoms with Gasteiger partial charge in [-0.25, -0.2) is 18.0 Å². The molecule has 1 aliphatic rings. The van der Waals surface area contributed by atoms with E-state index in [1.807, 2.05) is 50.8 Å². The molecule has 1 amide bonds. The van der Waals surface area contributed by atoms with Crippen LogP contribution in [0.2, 0.25) is 0 Å². The molecule has 7 nitrogen and oxygen atoms in total. The maximum absolute atomic E-state index is 15.8. The number of pyridine rings is 1. The number of alkyl halides is 1. The molecule has 1 aromatic heterocycles. The van der Waals surface area contributed by atoms with E-state index in [0.717, 1.165) is 27.3 Å². The van der Waals surface area contributed by atoms with Crippen molar-refractivity contribution in [3.8, 4) is 11.1 Å². The summed E-state index contributed by atoms with van der Waals surface area (Å²) in [6.45, 7) is 10.3. The molecule has 0 spiro atoms. The molecular weight excluding hydrogens is 602 g/mol. The van der Waals surface area contributed by atoms with Gasteiger partial charge in [0, 0.05) is 35.9 Å². The van der Waals surface area contributed by atoms with Gasteiger partial charge < -0.3 is 14.8 Å². The Bertz CT molecular complexity index is 1620. The Kier molecular flexibility index (Phi) is 11.4. The Labute approximate surface area is 266 Å². The van der Waals surface area contributed by atoms with Crippen LogP contribution in [0.5, 0.6) is 0 Å². The Morgan fingerprint density at radius 2 is 1.76 bits per heavy atom. The molecular formula is C35H41F4N3O4.